The number of thiophene rings is 1. The summed E-state index contributed by atoms with van der Waals surface area (Å²) in [7, 11) is 0. The molecule has 1 saturated carbocycles. The Labute approximate surface area is 144 Å². The molecule has 0 amide bonds. The van der Waals surface area contributed by atoms with Crippen molar-refractivity contribution in [3.8, 4) is 0 Å². The number of anilines is 1. The van der Waals surface area contributed by atoms with Gasteiger partial charge in [-0.3, -0.25) is 5.10 Å². The van der Waals surface area contributed by atoms with Crippen molar-refractivity contribution in [3.05, 3.63) is 28.4 Å². The van der Waals surface area contributed by atoms with E-state index in [1.54, 1.807) is 11.3 Å². The van der Waals surface area contributed by atoms with E-state index in [-0.39, 0.29) is 0 Å². The number of hydrogen-bond donors (Lipinski definition) is 1. The van der Waals surface area contributed by atoms with Crippen molar-refractivity contribution in [1.82, 2.24) is 25.1 Å². The highest BCUT2D eigenvalue weighted by atomic mass is 32.1. The molecular formula is C17H20N6S. The van der Waals surface area contributed by atoms with Crippen molar-refractivity contribution in [2.45, 2.75) is 44.9 Å². The van der Waals surface area contributed by atoms with Crippen molar-refractivity contribution in [3.63, 3.8) is 0 Å². The Morgan fingerprint density at radius 1 is 1.08 bits per heavy atom. The van der Waals surface area contributed by atoms with Gasteiger partial charge in [0.25, 0.3) is 0 Å². The Morgan fingerprint density at radius 3 is 2.71 bits per heavy atom. The van der Waals surface area contributed by atoms with Crippen LogP contribution in [0.2, 0.25) is 0 Å². The van der Waals surface area contributed by atoms with Gasteiger partial charge in [0.05, 0.1) is 10.2 Å². The lowest BCUT2D eigenvalue weighted by Crippen LogP contribution is -2.21. The summed E-state index contributed by atoms with van der Waals surface area (Å²) in [6.45, 7) is 6.04. The summed E-state index contributed by atoms with van der Waals surface area (Å²) in [5, 5.41) is 9.52. The lowest BCUT2D eigenvalue weighted by Gasteiger charge is -2.18. The fraction of sp³-hybridized carbons (Fsp3) is 0.529. The average Bonchev–Trinajstić information content (AvgIpc) is 2.98. The molecule has 4 heterocycles. The van der Waals surface area contributed by atoms with Gasteiger partial charge in [0.15, 0.2) is 5.82 Å². The van der Waals surface area contributed by atoms with E-state index in [4.69, 9.17) is 9.97 Å². The van der Waals surface area contributed by atoms with Crippen LogP contribution >= 0.6 is 11.3 Å². The number of nitrogens with zero attached hydrogens (tertiary/aromatic N) is 5. The van der Waals surface area contributed by atoms with Gasteiger partial charge >= 0.3 is 0 Å². The standard InChI is InChI=1S/C17H20N6S/c1-9-8-24-14-13(9)19-15(11-3-4-11)20-17(14)23-6-5-12(7-23)16-18-10(2)21-22-16/h8,11-12H,3-7H2,1-2H3,(H,18,21,22). The zero-order valence-electron chi connectivity index (χ0n) is 13.9. The van der Waals surface area contributed by atoms with Crippen molar-refractivity contribution in [2.24, 2.45) is 0 Å². The zero-order valence-corrected chi connectivity index (χ0v) is 14.7. The summed E-state index contributed by atoms with van der Waals surface area (Å²) in [4.78, 5) is 16.7. The third-order valence-electron chi connectivity index (χ3n) is 5.00. The summed E-state index contributed by atoms with van der Waals surface area (Å²) in [6, 6.07) is 0. The summed E-state index contributed by atoms with van der Waals surface area (Å²) < 4.78 is 1.23. The Bertz CT molecular complexity index is 909. The van der Waals surface area contributed by atoms with Gasteiger partial charge in [0.1, 0.15) is 17.5 Å². The minimum atomic E-state index is 0.380. The number of fused-ring (bicyclic) bond motifs is 1. The number of aryl methyl sites for hydroxylation is 2. The first-order valence-electron chi connectivity index (χ1n) is 8.58. The van der Waals surface area contributed by atoms with E-state index in [2.05, 4.69) is 32.4 Å². The van der Waals surface area contributed by atoms with E-state index in [1.807, 2.05) is 6.92 Å². The van der Waals surface area contributed by atoms with Crippen LogP contribution in [0.15, 0.2) is 5.38 Å². The van der Waals surface area contributed by atoms with E-state index in [1.165, 1.54) is 23.1 Å². The molecule has 1 atom stereocenters. The van der Waals surface area contributed by atoms with Gasteiger partial charge in [-0.25, -0.2) is 15.0 Å². The van der Waals surface area contributed by atoms with Crippen LogP contribution < -0.4 is 4.90 Å². The molecule has 7 heteroatoms. The number of hydrogen-bond acceptors (Lipinski definition) is 6. The fourth-order valence-electron chi connectivity index (χ4n) is 3.48. The predicted octanol–water partition coefficient (Wildman–Crippen LogP) is 3.30. The highest BCUT2D eigenvalue weighted by Gasteiger charge is 2.32. The Kier molecular flexibility index (Phi) is 3.13. The van der Waals surface area contributed by atoms with Gasteiger partial charge in [-0.1, -0.05) is 0 Å². The highest BCUT2D eigenvalue weighted by molar-refractivity contribution is 7.18. The minimum Gasteiger partial charge on any atom is -0.355 e. The molecule has 3 aromatic heterocycles. The molecule has 0 bridgehead atoms. The van der Waals surface area contributed by atoms with Crippen LogP contribution in [-0.2, 0) is 0 Å². The molecule has 5 rings (SSSR count). The zero-order chi connectivity index (χ0) is 16.3. The predicted molar refractivity (Wildman–Crippen MR) is 94.8 cm³/mol. The number of nitrogens with one attached hydrogen (secondary N) is 1. The monoisotopic (exact) mass is 340 g/mol. The molecule has 24 heavy (non-hydrogen) atoms. The minimum absolute atomic E-state index is 0.380. The molecular weight excluding hydrogens is 320 g/mol. The van der Waals surface area contributed by atoms with Crippen molar-refractivity contribution < 1.29 is 0 Å². The molecule has 1 N–H and O–H groups in total. The molecule has 0 aromatic carbocycles. The fourth-order valence-corrected chi connectivity index (χ4v) is 4.48. The molecule has 3 aromatic rings. The molecule has 2 aliphatic rings. The Hall–Kier alpha value is -2.02. The number of H-pyrrole nitrogens is 1. The second-order valence-corrected chi connectivity index (χ2v) is 7.87. The summed E-state index contributed by atoms with van der Waals surface area (Å²) in [5.74, 6) is 4.93. The maximum Gasteiger partial charge on any atom is 0.155 e. The number of aromatic nitrogens is 5. The van der Waals surface area contributed by atoms with Gasteiger partial charge in [-0.15, -0.1) is 11.3 Å². The third kappa shape index (κ3) is 2.30. The van der Waals surface area contributed by atoms with Crippen LogP contribution in [0.25, 0.3) is 10.2 Å². The van der Waals surface area contributed by atoms with Gasteiger partial charge in [0, 0.05) is 24.9 Å². The van der Waals surface area contributed by atoms with Crippen LogP contribution in [0.4, 0.5) is 5.82 Å². The van der Waals surface area contributed by atoms with Crippen LogP contribution in [0.5, 0.6) is 0 Å². The molecule has 1 aliphatic heterocycles. The third-order valence-corrected chi connectivity index (χ3v) is 6.09. The van der Waals surface area contributed by atoms with E-state index < -0.39 is 0 Å². The van der Waals surface area contributed by atoms with Crippen molar-refractivity contribution >= 4 is 27.4 Å². The quantitative estimate of drug-likeness (QED) is 0.792. The van der Waals surface area contributed by atoms with Crippen LogP contribution in [0.1, 0.15) is 54.1 Å². The maximum absolute atomic E-state index is 4.97. The number of aromatic amines is 1. The first-order valence-corrected chi connectivity index (χ1v) is 9.46. The van der Waals surface area contributed by atoms with E-state index in [0.29, 0.717) is 11.8 Å². The average molecular weight is 340 g/mol. The van der Waals surface area contributed by atoms with Gasteiger partial charge in [0.2, 0.25) is 0 Å². The van der Waals surface area contributed by atoms with Crippen molar-refractivity contribution in [2.75, 3.05) is 18.0 Å². The second-order valence-electron chi connectivity index (χ2n) is 6.99. The Morgan fingerprint density at radius 2 is 1.96 bits per heavy atom. The smallest absolute Gasteiger partial charge is 0.155 e. The molecule has 6 nitrogen and oxygen atoms in total. The topological polar surface area (TPSA) is 70.6 Å². The van der Waals surface area contributed by atoms with Crippen molar-refractivity contribution in [1.29, 1.82) is 0 Å². The first kappa shape index (κ1) is 14.3. The largest absolute Gasteiger partial charge is 0.355 e. The van der Waals surface area contributed by atoms with Gasteiger partial charge in [-0.05, 0) is 44.1 Å². The summed E-state index contributed by atoms with van der Waals surface area (Å²) >= 11 is 1.77. The molecule has 1 unspecified atom stereocenters. The molecule has 1 aliphatic carbocycles. The van der Waals surface area contributed by atoms with E-state index >= 15 is 0 Å². The SMILES string of the molecule is Cc1nc(C2CCN(c3nc(C4CC4)nc4c(C)csc34)C2)n[nH]1. The summed E-state index contributed by atoms with van der Waals surface area (Å²) in [5.41, 5.74) is 2.41. The molecule has 0 spiro atoms. The van der Waals surface area contributed by atoms with Gasteiger partial charge < -0.3 is 4.90 Å². The Balaban J connectivity index is 1.52. The van der Waals surface area contributed by atoms with Crippen LogP contribution in [0, 0.1) is 13.8 Å². The molecule has 0 radical (unpaired) electrons. The second kappa shape index (κ2) is 5.24. The van der Waals surface area contributed by atoms with E-state index in [9.17, 15) is 0 Å². The highest BCUT2D eigenvalue weighted by Crippen LogP contribution is 2.42. The lowest BCUT2D eigenvalue weighted by molar-refractivity contribution is 0.713. The lowest BCUT2D eigenvalue weighted by atomic mass is 10.1. The van der Waals surface area contributed by atoms with Gasteiger partial charge in [-0.2, -0.15) is 5.10 Å². The molecule has 1 saturated heterocycles. The summed E-state index contributed by atoms with van der Waals surface area (Å²) in [6.07, 6.45) is 3.53. The first-order chi connectivity index (χ1) is 11.7. The molecule has 2 fully saturated rings. The maximum atomic E-state index is 4.97. The van der Waals surface area contributed by atoms with E-state index in [0.717, 1.165) is 48.3 Å². The number of rotatable bonds is 3. The van der Waals surface area contributed by atoms with Crippen LogP contribution in [-0.4, -0.2) is 38.2 Å². The molecule has 124 valence electrons. The van der Waals surface area contributed by atoms with Crippen LogP contribution in [0.3, 0.4) is 0 Å². The normalized spacial score (nSPS) is 21.1.